The summed E-state index contributed by atoms with van der Waals surface area (Å²) in [7, 11) is 0. The summed E-state index contributed by atoms with van der Waals surface area (Å²) in [5.41, 5.74) is 3.27. The molecule has 0 radical (unpaired) electrons. The van der Waals surface area contributed by atoms with E-state index in [0.717, 1.165) is 16.7 Å². The lowest BCUT2D eigenvalue weighted by Crippen LogP contribution is -2.79. The Morgan fingerprint density at radius 3 is 1.09 bits per heavy atom. The van der Waals surface area contributed by atoms with E-state index in [9.17, 15) is 0 Å². The molecule has 0 spiro atoms. The van der Waals surface area contributed by atoms with Crippen LogP contribution in [0.3, 0.4) is 0 Å². The van der Waals surface area contributed by atoms with Crippen molar-refractivity contribution in [1.82, 2.24) is 0 Å². The van der Waals surface area contributed by atoms with E-state index >= 15 is 0 Å². The van der Waals surface area contributed by atoms with Gasteiger partial charge in [-0.15, -0.1) is 0 Å². The Bertz CT molecular complexity index is 940. The Balaban J connectivity index is 1.25. The number of benzene rings is 3. The zero-order valence-electron chi connectivity index (χ0n) is 19.7. The molecule has 0 amide bonds. The second-order valence-electron chi connectivity index (χ2n) is 9.39. The van der Waals surface area contributed by atoms with Crippen LogP contribution in [0.25, 0.3) is 0 Å². The summed E-state index contributed by atoms with van der Waals surface area (Å²) in [5, 5.41) is 0. The van der Waals surface area contributed by atoms with Crippen LogP contribution in [0.5, 0.6) is 0 Å². The molecule has 1 saturated carbocycles. The molecule has 0 atom stereocenters. The Hall–Kier alpha value is -2.58. The van der Waals surface area contributed by atoms with Crippen molar-refractivity contribution in [1.29, 1.82) is 0 Å². The predicted molar refractivity (Wildman–Crippen MR) is 128 cm³/mol. The first-order valence-electron chi connectivity index (χ1n) is 12.2. The van der Waals surface area contributed by atoms with E-state index in [1.165, 1.54) is 0 Å². The van der Waals surface area contributed by atoms with Gasteiger partial charge in [0, 0.05) is 6.92 Å². The molecule has 4 fully saturated rings. The van der Waals surface area contributed by atoms with Crippen LogP contribution in [-0.4, -0.2) is 42.6 Å². The van der Waals surface area contributed by atoms with Gasteiger partial charge in [0.25, 0.3) is 5.97 Å². The van der Waals surface area contributed by atoms with Gasteiger partial charge in [-0.05, 0) is 16.7 Å². The third-order valence-corrected chi connectivity index (χ3v) is 6.85. The molecule has 1 aliphatic carbocycles. The van der Waals surface area contributed by atoms with Crippen LogP contribution < -0.4 is 0 Å². The molecule has 182 valence electrons. The van der Waals surface area contributed by atoms with Crippen LogP contribution in [0.1, 0.15) is 23.6 Å². The standard InChI is InChI=1S/C29H30O6/c1-29-33-26-23(30-17-20-11-5-2-6-12-20)27(34-29)25(32-19-22-15-9-4-10-16-22)28(35-29)24(26)31-18-21-13-7-3-8-14-21/h2-16,23-28H,17-19H2,1H3. The van der Waals surface area contributed by atoms with E-state index in [1.807, 2.05) is 61.5 Å². The molecule has 7 rings (SSSR count). The van der Waals surface area contributed by atoms with Gasteiger partial charge in [-0.25, -0.2) is 0 Å². The van der Waals surface area contributed by atoms with Crippen molar-refractivity contribution in [3.8, 4) is 0 Å². The normalized spacial score (nSPS) is 33.2. The van der Waals surface area contributed by atoms with Gasteiger partial charge in [0.2, 0.25) is 0 Å². The van der Waals surface area contributed by atoms with E-state index < -0.39 is 5.97 Å². The van der Waals surface area contributed by atoms with Crippen molar-refractivity contribution < 1.29 is 28.4 Å². The van der Waals surface area contributed by atoms with Gasteiger partial charge < -0.3 is 28.4 Å². The van der Waals surface area contributed by atoms with Gasteiger partial charge in [0.05, 0.1) is 19.8 Å². The maximum atomic E-state index is 6.45. The molecule has 3 saturated heterocycles. The molecule has 4 aliphatic rings. The zero-order valence-corrected chi connectivity index (χ0v) is 19.7. The number of rotatable bonds is 9. The highest BCUT2D eigenvalue weighted by atomic mass is 16.9. The summed E-state index contributed by atoms with van der Waals surface area (Å²) in [6.45, 7) is 3.16. The van der Waals surface area contributed by atoms with Gasteiger partial charge in [-0.3, -0.25) is 0 Å². The van der Waals surface area contributed by atoms with E-state index in [-0.39, 0.29) is 36.6 Å². The summed E-state index contributed by atoms with van der Waals surface area (Å²) in [4.78, 5) is 0. The average molecular weight is 475 g/mol. The molecule has 6 heteroatoms. The number of hydrogen-bond donors (Lipinski definition) is 0. The second kappa shape index (κ2) is 9.82. The van der Waals surface area contributed by atoms with E-state index in [4.69, 9.17) is 28.4 Å². The lowest BCUT2D eigenvalue weighted by molar-refractivity contribution is -0.537. The molecular weight excluding hydrogens is 444 g/mol. The SMILES string of the molecule is CC12OC3C(OCc4ccccc4)C(O1)C(OCc1ccccc1)C(O2)C3OCc1ccccc1. The van der Waals surface area contributed by atoms with Crippen LogP contribution in [0, 0.1) is 0 Å². The monoisotopic (exact) mass is 474 g/mol. The minimum Gasteiger partial charge on any atom is -0.368 e. The average Bonchev–Trinajstić information content (AvgIpc) is 2.89. The Morgan fingerprint density at radius 2 is 0.800 bits per heavy atom. The maximum absolute atomic E-state index is 6.45. The van der Waals surface area contributed by atoms with E-state index in [1.54, 1.807) is 0 Å². The van der Waals surface area contributed by atoms with Gasteiger partial charge >= 0.3 is 0 Å². The highest BCUT2D eigenvalue weighted by Gasteiger charge is 2.67. The molecular formula is C29H30O6. The minimum atomic E-state index is -1.13. The van der Waals surface area contributed by atoms with Gasteiger partial charge in [0.1, 0.15) is 36.6 Å². The fraction of sp³-hybridized carbons (Fsp3) is 0.379. The molecule has 3 heterocycles. The van der Waals surface area contributed by atoms with Crippen molar-refractivity contribution in [3.05, 3.63) is 108 Å². The first-order valence-corrected chi connectivity index (χ1v) is 12.2. The third-order valence-electron chi connectivity index (χ3n) is 6.85. The van der Waals surface area contributed by atoms with Crippen molar-refractivity contribution in [2.75, 3.05) is 0 Å². The minimum absolute atomic E-state index is 0.332. The summed E-state index contributed by atoms with van der Waals surface area (Å²) < 4.78 is 38.2. The molecule has 0 N–H and O–H groups in total. The molecule has 0 aromatic heterocycles. The maximum Gasteiger partial charge on any atom is 0.281 e. The van der Waals surface area contributed by atoms with E-state index in [0.29, 0.717) is 19.8 Å². The van der Waals surface area contributed by atoms with Gasteiger partial charge in [-0.2, -0.15) is 0 Å². The van der Waals surface area contributed by atoms with Crippen molar-refractivity contribution >= 4 is 0 Å². The lowest BCUT2D eigenvalue weighted by Gasteiger charge is -2.62. The van der Waals surface area contributed by atoms with Crippen LogP contribution in [0.2, 0.25) is 0 Å². The fourth-order valence-electron chi connectivity index (χ4n) is 5.22. The molecule has 6 nitrogen and oxygen atoms in total. The molecule has 0 unspecified atom stereocenters. The van der Waals surface area contributed by atoms with Crippen molar-refractivity contribution in [3.63, 3.8) is 0 Å². The number of hydrogen-bond acceptors (Lipinski definition) is 6. The summed E-state index contributed by atoms with van der Waals surface area (Å²) >= 11 is 0. The number of ether oxygens (including phenoxy) is 6. The first-order chi connectivity index (χ1) is 17.2. The Kier molecular flexibility index (Phi) is 6.41. The molecule has 3 aromatic carbocycles. The first kappa shape index (κ1) is 22.9. The summed E-state index contributed by atoms with van der Waals surface area (Å²) in [5.74, 6) is -1.13. The van der Waals surface area contributed by atoms with Crippen molar-refractivity contribution in [2.24, 2.45) is 0 Å². The predicted octanol–water partition coefficient (Wildman–Crippen LogP) is 4.61. The Morgan fingerprint density at radius 1 is 0.514 bits per heavy atom. The largest absolute Gasteiger partial charge is 0.368 e. The van der Waals surface area contributed by atoms with Crippen LogP contribution >= 0.6 is 0 Å². The second-order valence-corrected chi connectivity index (χ2v) is 9.39. The highest BCUT2D eigenvalue weighted by Crippen LogP contribution is 2.48. The smallest absolute Gasteiger partial charge is 0.281 e. The van der Waals surface area contributed by atoms with Crippen LogP contribution in [0.15, 0.2) is 91.0 Å². The Labute approximate surface area is 205 Å². The third kappa shape index (κ3) is 4.78. The fourth-order valence-corrected chi connectivity index (χ4v) is 5.22. The molecule has 3 aliphatic heterocycles. The topological polar surface area (TPSA) is 55.4 Å². The van der Waals surface area contributed by atoms with Gasteiger partial charge in [0.15, 0.2) is 0 Å². The molecule has 3 aromatic rings. The summed E-state index contributed by atoms with van der Waals surface area (Å²) in [6.07, 6.45) is -2.07. The highest BCUT2D eigenvalue weighted by molar-refractivity contribution is 5.17. The van der Waals surface area contributed by atoms with Crippen LogP contribution in [-0.2, 0) is 48.2 Å². The lowest BCUT2D eigenvalue weighted by atomic mass is 9.81. The quantitative estimate of drug-likeness (QED) is 0.451. The van der Waals surface area contributed by atoms with Gasteiger partial charge in [-0.1, -0.05) is 91.0 Å². The van der Waals surface area contributed by atoms with Crippen LogP contribution in [0.4, 0.5) is 0 Å². The van der Waals surface area contributed by atoms with Crippen molar-refractivity contribution in [2.45, 2.75) is 69.3 Å². The molecule has 35 heavy (non-hydrogen) atoms. The zero-order chi connectivity index (χ0) is 23.7. The molecule has 4 bridgehead atoms. The summed E-state index contributed by atoms with van der Waals surface area (Å²) in [6, 6.07) is 30.4. The van der Waals surface area contributed by atoms with E-state index in [2.05, 4.69) is 36.4 Å².